The summed E-state index contributed by atoms with van der Waals surface area (Å²) in [5, 5.41) is 2.81. The topological polar surface area (TPSA) is 41.6 Å². The fourth-order valence-electron chi connectivity index (χ4n) is 1.56. The molecule has 17 heavy (non-hydrogen) atoms. The number of hydrogen-bond donors (Lipinski definition) is 1. The van der Waals surface area contributed by atoms with E-state index in [4.69, 9.17) is 4.74 Å². The summed E-state index contributed by atoms with van der Waals surface area (Å²) in [4.78, 5) is 13.5. The lowest BCUT2D eigenvalue weighted by molar-refractivity contribution is -0.120. The number of aryl methyl sites for hydroxylation is 1. The Bertz CT molecular complexity index is 389. The molecular weight excluding hydrogens is 216 g/mol. The first kappa shape index (κ1) is 13.5. The molecule has 0 saturated heterocycles. The first-order valence-corrected chi connectivity index (χ1v) is 5.70. The maximum atomic E-state index is 11.5. The van der Waals surface area contributed by atoms with Gasteiger partial charge in [0.25, 0.3) is 0 Å². The molecule has 1 aromatic carbocycles. The van der Waals surface area contributed by atoms with E-state index in [0.717, 1.165) is 11.4 Å². The van der Waals surface area contributed by atoms with Gasteiger partial charge < -0.3 is 15.0 Å². The average molecular weight is 236 g/mol. The lowest BCUT2D eigenvalue weighted by Crippen LogP contribution is -2.18. The number of nitrogens with one attached hydrogen (secondary N) is 1. The number of amides is 1. The lowest BCUT2D eigenvalue weighted by atomic mass is 10.1. The molecule has 0 fully saturated rings. The molecule has 1 aromatic rings. The molecule has 1 rings (SSSR count). The molecule has 0 radical (unpaired) electrons. The van der Waals surface area contributed by atoms with Gasteiger partial charge in [0.2, 0.25) is 5.91 Å². The minimum absolute atomic E-state index is 0.0989. The maximum absolute atomic E-state index is 11.5. The molecule has 0 aliphatic rings. The summed E-state index contributed by atoms with van der Waals surface area (Å²) in [6, 6.07) is 5.84. The minimum Gasteiger partial charge on any atom is -0.377 e. The average Bonchev–Trinajstić information content (AvgIpc) is 2.28. The monoisotopic (exact) mass is 236 g/mol. The van der Waals surface area contributed by atoms with Crippen molar-refractivity contribution in [3.05, 3.63) is 23.8 Å². The highest BCUT2D eigenvalue weighted by Gasteiger charge is 2.05. The van der Waals surface area contributed by atoms with E-state index in [0.29, 0.717) is 6.61 Å². The van der Waals surface area contributed by atoms with E-state index < -0.39 is 0 Å². The Morgan fingerprint density at radius 3 is 2.71 bits per heavy atom. The summed E-state index contributed by atoms with van der Waals surface area (Å²) >= 11 is 0. The van der Waals surface area contributed by atoms with Crippen LogP contribution in [0.3, 0.4) is 0 Å². The standard InChI is InChI=1S/C13H20N2O2/c1-5-17-9-13(16)14-11-7-6-10(2)12(8-11)15(3)4/h6-8H,5,9H2,1-4H3,(H,14,16). The molecule has 1 amide bonds. The van der Waals surface area contributed by atoms with Crippen LogP contribution < -0.4 is 10.2 Å². The molecule has 0 aliphatic heterocycles. The fraction of sp³-hybridized carbons (Fsp3) is 0.462. The van der Waals surface area contributed by atoms with E-state index in [1.807, 2.05) is 51.0 Å². The molecule has 0 heterocycles. The van der Waals surface area contributed by atoms with Crippen LogP contribution in [-0.2, 0) is 9.53 Å². The van der Waals surface area contributed by atoms with Crippen molar-refractivity contribution in [3.63, 3.8) is 0 Å². The molecule has 1 N–H and O–H groups in total. The van der Waals surface area contributed by atoms with E-state index in [2.05, 4.69) is 5.32 Å². The van der Waals surface area contributed by atoms with Crippen molar-refractivity contribution in [2.75, 3.05) is 37.5 Å². The predicted octanol–water partition coefficient (Wildman–Crippen LogP) is 2.04. The Morgan fingerprint density at radius 2 is 2.12 bits per heavy atom. The molecule has 0 aromatic heterocycles. The number of rotatable bonds is 5. The Balaban J connectivity index is 2.72. The third-order valence-corrected chi connectivity index (χ3v) is 2.41. The quantitative estimate of drug-likeness (QED) is 0.850. The first-order chi connectivity index (χ1) is 8.04. The summed E-state index contributed by atoms with van der Waals surface area (Å²) in [5.74, 6) is -0.125. The number of hydrogen-bond acceptors (Lipinski definition) is 3. The summed E-state index contributed by atoms with van der Waals surface area (Å²) in [5.41, 5.74) is 3.07. The van der Waals surface area contributed by atoms with Crippen molar-refractivity contribution >= 4 is 17.3 Å². The van der Waals surface area contributed by atoms with Gasteiger partial charge in [0.1, 0.15) is 6.61 Å². The molecule has 4 heteroatoms. The van der Waals surface area contributed by atoms with Crippen molar-refractivity contribution in [1.82, 2.24) is 0 Å². The van der Waals surface area contributed by atoms with Crippen LogP contribution in [0.2, 0.25) is 0 Å². The van der Waals surface area contributed by atoms with Crippen LogP contribution in [0, 0.1) is 6.92 Å². The van der Waals surface area contributed by atoms with E-state index in [1.54, 1.807) is 0 Å². The normalized spacial score (nSPS) is 10.1. The summed E-state index contributed by atoms with van der Waals surface area (Å²) in [6.45, 7) is 4.55. The Hall–Kier alpha value is -1.55. The lowest BCUT2D eigenvalue weighted by Gasteiger charge is -2.17. The van der Waals surface area contributed by atoms with Gasteiger partial charge in [-0.05, 0) is 31.5 Å². The largest absolute Gasteiger partial charge is 0.377 e. The summed E-state index contributed by atoms with van der Waals surface area (Å²) < 4.78 is 5.05. The predicted molar refractivity (Wildman–Crippen MR) is 70.6 cm³/mol. The van der Waals surface area contributed by atoms with Gasteiger partial charge in [0.15, 0.2) is 0 Å². The zero-order valence-corrected chi connectivity index (χ0v) is 10.9. The second-order valence-corrected chi connectivity index (χ2v) is 4.08. The molecule has 0 spiro atoms. The van der Waals surface area contributed by atoms with Crippen LogP contribution in [0.25, 0.3) is 0 Å². The fourth-order valence-corrected chi connectivity index (χ4v) is 1.56. The zero-order valence-electron chi connectivity index (χ0n) is 10.9. The van der Waals surface area contributed by atoms with Crippen LogP contribution in [0.15, 0.2) is 18.2 Å². The van der Waals surface area contributed by atoms with Crippen molar-refractivity contribution in [2.45, 2.75) is 13.8 Å². The Kier molecular flexibility index (Phi) is 4.97. The van der Waals surface area contributed by atoms with E-state index in [1.165, 1.54) is 5.56 Å². The third-order valence-electron chi connectivity index (χ3n) is 2.41. The highest BCUT2D eigenvalue weighted by atomic mass is 16.5. The zero-order chi connectivity index (χ0) is 12.8. The Labute approximate surface area is 103 Å². The molecule has 0 unspecified atom stereocenters. The van der Waals surface area contributed by atoms with Crippen LogP contribution in [0.4, 0.5) is 11.4 Å². The first-order valence-electron chi connectivity index (χ1n) is 5.70. The van der Waals surface area contributed by atoms with Gasteiger partial charge in [-0.3, -0.25) is 4.79 Å². The number of carbonyl (C=O) groups is 1. The molecule has 0 saturated carbocycles. The van der Waals surface area contributed by atoms with E-state index >= 15 is 0 Å². The van der Waals surface area contributed by atoms with Gasteiger partial charge in [-0.1, -0.05) is 6.07 Å². The summed E-state index contributed by atoms with van der Waals surface area (Å²) in [7, 11) is 3.96. The van der Waals surface area contributed by atoms with Gasteiger partial charge in [-0.25, -0.2) is 0 Å². The van der Waals surface area contributed by atoms with Crippen LogP contribution in [0.1, 0.15) is 12.5 Å². The molecule has 0 bridgehead atoms. The highest BCUT2D eigenvalue weighted by Crippen LogP contribution is 2.22. The summed E-state index contributed by atoms with van der Waals surface area (Å²) in [6.07, 6.45) is 0. The van der Waals surface area contributed by atoms with Crippen molar-refractivity contribution in [3.8, 4) is 0 Å². The third kappa shape index (κ3) is 4.07. The van der Waals surface area contributed by atoms with Gasteiger partial charge in [0.05, 0.1) is 0 Å². The SMILES string of the molecule is CCOCC(=O)Nc1ccc(C)c(N(C)C)c1. The van der Waals surface area contributed by atoms with Crippen molar-refractivity contribution in [2.24, 2.45) is 0 Å². The molecule has 94 valence electrons. The van der Waals surface area contributed by atoms with E-state index in [-0.39, 0.29) is 12.5 Å². The van der Waals surface area contributed by atoms with Gasteiger partial charge in [-0.2, -0.15) is 0 Å². The van der Waals surface area contributed by atoms with Gasteiger partial charge in [0, 0.05) is 32.1 Å². The second kappa shape index (κ2) is 6.25. The van der Waals surface area contributed by atoms with Crippen LogP contribution >= 0.6 is 0 Å². The smallest absolute Gasteiger partial charge is 0.250 e. The maximum Gasteiger partial charge on any atom is 0.250 e. The van der Waals surface area contributed by atoms with Crippen LogP contribution in [0.5, 0.6) is 0 Å². The van der Waals surface area contributed by atoms with E-state index in [9.17, 15) is 4.79 Å². The van der Waals surface area contributed by atoms with Crippen molar-refractivity contribution in [1.29, 1.82) is 0 Å². The highest BCUT2D eigenvalue weighted by molar-refractivity contribution is 5.92. The second-order valence-electron chi connectivity index (χ2n) is 4.08. The number of benzene rings is 1. The molecule has 0 atom stereocenters. The van der Waals surface area contributed by atoms with Gasteiger partial charge >= 0.3 is 0 Å². The number of anilines is 2. The van der Waals surface area contributed by atoms with Gasteiger partial charge in [-0.15, -0.1) is 0 Å². The molecule has 4 nitrogen and oxygen atoms in total. The van der Waals surface area contributed by atoms with Crippen LogP contribution in [-0.4, -0.2) is 33.2 Å². The molecular formula is C13H20N2O2. The number of ether oxygens (including phenoxy) is 1. The number of nitrogens with zero attached hydrogens (tertiary/aromatic N) is 1. The van der Waals surface area contributed by atoms with Crippen molar-refractivity contribution < 1.29 is 9.53 Å². The minimum atomic E-state index is -0.125. The Morgan fingerprint density at radius 1 is 1.41 bits per heavy atom. The number of carbonyl (C=O) groups excluding carboxylic acids is 1. The molecule has 0 aliphatic carbocycles.